The molecule has 0 aliphatic heterocycles. The Hall–Kier alpha value is -3.99. The van der Waals surface area contributed by atoms with E-state index in [9.17, 15) is 14.4 Å². The van der Waals surface area contributed by atoms with E-state index in [1.807, 2.05) is 48.5 Å². The maximum atomic E-state index is 12.7. The van der Waals surface area contributed by atoms with Crippen molar-refractivity contribution in [1.29, 1.82) is 0 Å². The molecule has 0 aliphatic carbocycles. The summed E-state index contributed by atoms with van der Waals surface area (Å²) in [6.45, 7) is 1.42. The molecule has 0 fully saturated rings. The van der Waals surface area contributed by atoms with Gasteiger partial charge in [0.1, 0.15) is 23.7 Å². The molecule has 3 aromatic rings. The Morgan fingerprint density at radius 3 is 2.44 bits per heavy atom. The monoisotopic (exact) mass is 483 g/mol. The lowest BCUT2D eigenvalue weighted by molar-refractivity contribution is -0.128. The third-order valence-electron chi connectivity index (χ3n) is 4.87. The van der Waals surface area contributed by atoms with Gasteiger partial charge in [0.05, 0.1) is 7.11 Å². The van der Waals surface area contributed by atoms with Crippen molar-refractivity contribution in [2.45, 2.75) is 32.0 Å². The quantitative estimate of drug-likeness (QED) is 0.400. The maximum Gasteiger partial charge on any atom is 0.408 e. The van der Waals surface area contributed by atoms with Crippen LogP contribution in [-0.4, -0.2) is 46.5 Å². The van der Waals surface area contributed by atoms with Gasteiger partial charge >= 0.3 is 12.1 Å². The molecule has 0 bridgehead atoms. The van der Waals surface area contributed by atoms with Gasteiger partial charge in [-0.25, -0.2) is 4.79 Å². The predicted octanol–water partition coefficient (Wildman–Crippen LogP) is 2.04. The Morgan fingerprint density at radius 2 is 1.76 bits per heavy atom. The molecule has 3 rings (SSSR count). The molecule has 10 nitrogen and oxygen atoms in total. The van der Waals surface area contributed by atoms with Crippen LogP contribution in [0.3, 0.4) is 0 Å². The van der Waals surface area contributed by atoms with Crippen LogP contribution in [0.25, 0.3) is 10.6 Å². The van der Waals surface area contributed by atoms with Gasteiger partial charge in [-0.2, -0.15) is 4.98 Å². The van der Waals surface area contributed by atoms with E-state index in [0.717, 1.165) is 11.1 Å². The summed E-state index contributed by atoms with van der Waals surface area (Å²) in [5, 5.41) is 5.71. The third-order valence-corrected chi connectivity index (χ3v) is 5.60. The number of hydrogen-bond acceptors (Lipinski definition) is 8. The zero-order valence-corrected chi connectivity index (χ0v) is 19.5. The number of alkyl carbamates (subject to hydrolysis) is 1. The van der Waals surface area contributed by atoms with Crippen LogP contribution in [0.2, 0.25) is 0 Å². The Kier molecular flexibility index (Phi) is 8.52. The van der Waals surface area contributed by atoms with Gasteiger partial charge in [-0.05, 0) is 29.6 Å². The number of hydrogen-bond donors (Lipinski definition) is 3. The zero-order chi connectivity index (χ0) is 24.5. The van der Waals surface area contributed by atoms with Gasteiger partial charge in [0.2, 0.25) is 11.8 Å². The van der Waals surface area contributed by atoms with E-state index >= 15 is 0 Å². The second kappa shape index (κ2) is 11.8. The number of nitrogens with two attached hydrogens (primary N) is 1. The molecule has 2 atom stereocenters. The summed E-state index contributed by atoms with van der Waals surface area (Å²) in [5.41, 5.74) is 7.53. The molecule has 0 radical (unpaired) electrons. The predicted molar refractivity (Wildman–Crippen MR) is 126 cm³/mol. The lowest BCUT2D eigenvalue weighted by Gasteiger charge is -2.20. The second-order valence-electron chi connectivity index (χ2n) is 7.34. The van der Waals surface area contributed by atoms with Gasteiger partial charge in [0.25, 0.3) is 0 Å². The first-order chi connectivity index (χ1) is 16.4. The number of amides is 3. The number of rotatable bonds is 10. The Morgan fingerprint density at radius 1 is 1.06 bits per heavy atom. The van der Waals surface area contributed by atoms with Gasteiger partial charge < -0.3 is 25.8 Å². The van der Waals surface area contributed by atoms with E-state index in [2.05, 4.69) is 20.0 Å². The second-order valence-corrected chi connectivity index (χ2v) is 8.09. The molecular formula is C23H25N5O5S. The minimum atomic E-state index is -0.973. The Bertz CT molecular complexity index is 1140. The van der Waals surface area contributed by atoms with Crippen molar-refractivity contribution in [3.05, 3.63) is 65.7 Å². The van der Waals surface area contributed by atoms with Crippen molar-refractivity contribution >= 4 is 29.4 Å². The number of ether oxygens (including phenoxy) is 2. The molecule has 178 valence electrons. The van der Waals surface area contributed by atoms with Crippen LogP contribution in [-0.2, 0) is 27.4 Å². The Balaban J connectivity index is 1.68. The lowest BCUT2D eigenvalue weighted by atomic mass is 10.1. The SMILES string of the molecule is COc1nsc(-c2ccccc2COC(=O)N[C@@H](Cc2ccccc2)C(=O)N[C@@H](C)C(N)=O)n1. The third kappa shape index (κ3) is 6.75. The van der Waals surface area contributed by atoms with Crippen molar-refractivity contribution in [2.75, 3.05) is 7.11 Å². The van der Waals surface area contributed by atoms with E-state index in [1.54, 1.807) is 6.07 Å². The number of benzene rings is 2. The number of primary amides is 1. The summed E-state index contributed by atoms with van der Waals surface area (Å²) >= 11 is 1.17. The summed E-state index contributed by atoms with van der Waals surface area (Å²) < 4.78 is 14.5. The van der Waals surface area contributed by atoms with E-state index in [-0.39, 0.29) is 19.0 Å². The van der Waals surface area contributed by atoms with Gasteiger partial charge in [-0.15, -0.1) is 4.37 Å². The summed E-state index contributed by atoms with van der Waals surface area (Å²) in [5.74, 6) is -1.23. The fraction of sp³-hybridized carbons (Fsp3) is 0.261. The van der Waals surface area contributed by atoms with Crippen molar-refractivity contribution in [1.82, 2.24) is 20.0 Å². The van der Waals surface area contributed by atoms with Gasteiger partial charge in [0, 0.05) is 12.0 Å². The molecule has 0 saturated heterocycles. The van der Waals surface area contributed by atoms with Crippen molar-refractivity contribution in [3.8, 4) is 16.6 Å². The summed E-state index contributed by atoms with van der Waals surface area (Å²) in [7, 11) is 1.48. The van der Waals surface area contributed by atoms with Crippen LogP contribution >= 0.6 is 11.5 Å². The standard InChI is InChI=1S/C23H25N5O5S/c1-14(19(24)29)25-20(30)18(12-15-8-4-3-5-9-15)26-23(31)33-13-16-10-6-7-11-17(16)21-27-22(32-2)28-34-21/h3-11,14,18H,12-13H2,1-2H3,(H2,24,29)(H,25,30)(H,26,31)/t14-,18-/m0/s1. The van der Waals surface area contributed by atoms with Gasteiger partial charge in [0.15, 0.2) is 0 Å². The van der Waals surface area contributed by atoms with Crippen LogP contribution in [0.5, 0.6) is 6.01 Å². The van der Waals surface area contributed by atoms with Crippen molar-refractivity contribution in [2.24, 2.45) is 5.73 Å². The van der Waals surface area contributed by atoms with Crippen LogP contribution in [0.4, 0.5) is 4.79 Å². The Labute approximate surface area is 200 Å². The van der Waals surface area contributed by atoms with Gasteiger partial charge in [-0.3, -0.25) is 9.59 Å². The molecule has 4 N–H and O–H groups in total. The molecule has 34 heavy (non-hydrogen) atoms. The molecule has 3 amide bonds. The van der Waals surface area contributed by atoms with E-state index in [4.69, 9.17) is 15.2 Å². The van der Waals surface area contributed by atoms with E-state index in [1.165, 1.54) is 25.6 Å². The minimum Gasteiger partial charge on any atom is -0.466 e. The summed E-state index contributed by atoms with van der Waals surface area (Å²) in [4.78, 5) is 40.9. The topological polar surface area (TPSA) is 146 Å². The molecule has 1 aromatic heterocycles. The van der Waals surface area contributed by atoms with Crippen LogP contribution < -0.4 is 21.1 Å². The number of nitrogens with one attached hydrogen (secondary N) is 2. The van der Waals surface area contributed by atoms with Crippen LogP contribution in [0, 0.1) is 0 Å². The molecule has 1 heterocycles. The first-order valence-electron chi connectivity index (χ1n) is 10.4. The van der Waals surface area contributed by atoms with E-state index in [0.29, 0.717) is 10.6 Å². The fourth-order valence-corrected chi connectivity index (χ4v) is 3.72. The lowest BCUT2D eigenvalue weighted by Crippen LogP contribution is -2.52. The highest BCUT2D eigenvalue weighted by molar-refractivity contribution is 7.09. The molecular weight excluding hydrogens is 458 g/mol. The largest absolute Gasteiger partial charge is 0.466 e. The minimum absolute atomic E-state index is 0.0543. The maximum absolute atomic E-state index is 12.7. The number of carbonyl (C=O) groups excluding carboxylic acids is 3. The van der Waals surface area contributed by atoms with Gasteiger partial charge in [-0.1, -0.05) is 54.6 Å². The highest BCUT2D eigenvalue weighted by atomic mass is 32.1. The van der Waals surface area contributed by atoms with Crippen LogP contribution in [0.15, 0.2) is 54.6 Å². The smallest absolute Gasteiger partial charge is 0.408 e. The molecule has 2 aromatic carbocycles. The number of nitrogens with zero attached hydrogens (tertiary/aromatic N) is 2. The number of methoxy groups -OCH3 is 1. The highest BCUT2D eigenvalue weighted by Crippen LogP contribution is 2.27. The van der Waals surface area contributed by atoms with Crippen molar-refractivity contribution in [3.63, 3.8) is 0 Å². The molecule has 11 heteroatoms. The highest BCUT2D eigenvalue weighted by Gasteiger charge is 2.25. The summed E-state index contributed by atoms with van der Waals surface area (Å²) in [6, 6.07) is 14.9. The zero-order valence-electron chi connectivity index (χ0n) is 18.7. The van der Waals surface area contributed by atoms with Crippen molar-refractivity contribution < 1.29 is 23.9 Å². The average molecular weight is 484 g/mol. The van der Waals surface area contributed by atoms with E-state index < -0.39 is 30.0 Å². The van der Waals surface area contributed by atoms with Crippen LogP contribution in [0.1, 0.15) is 18.1 Å². The average Bonchev–Trinajstić information content (AvgIpc) is 3.32. The first-order valence-corrected chi connectivity index (χ1v) is 11.2. The molecule has 0 saturated carbocycles. The number of aromatic nitrogens is 2. The molecule has 0 unspecified atom stereocenters. The molecule has 0 spiro atoms. The molecule has 0 aliphatic rings. The summed E-state index contributed by atoms with van der Waals surface area (Å²) in [6.07, 6.45) is -0.582. The number of carbonyl (C=O) groups is 3. The normalized spacial score (nSPS) is 12.3. The fourth-order valence-electron chi connectivity index (χ4n) is 3.03. The first kappa shape index (κ1) is 24.6.